The number of hydrogen-bond acceptors (Lipinski definition) is 3. The van der Waals surface area contributed by atoms with Crippen molar-refractivity contribution in [2.75, 3.05) is 24.3 Å². The molecule has 0 saturated carbocycles. The van der Waals surface area contributed by atoms with Crippen LogP contribution in [0, 0.1) is 24.1 Å². The summed E-state index contributed by atoms with van der Waals surface area (Å²) in [6, 6.07) is 13.0. The molecule has 0 radical (unpaired) electrons. The molecule has 2 aromatic rings. The van der Waals surface area contributed by atoms with Crippen molar-refractivity contribution >= 4 is 11.4 Å². The molecule has 0 aliphatic rings. The highest BCUT2D eigenvalue weighted by atomic mass is 19.1. The molecule has 0 atom stereocenters. The van der Waals surface area contributed by atoms with Gasteiger partial charge in [-0.2, -0.15) is 5.26 Å². The first kappa shape index (κ1) is 14.9. The minimum Gasteiger partial charge on any atom is -0.381 e. The lowest BCUT2D eigenvalue weighted by Gasteiger charge is -2.14. The van der Waals surface area contributed by atoms with Gasteiger partial charge in [0.25, 0.3) is 0 Å². The minimum atomic E-state index is -0.362. The van der Waals surface area contributed by atoms with Crippen molar-refractivity contribution in [1.29, 1.82) is 5.26 Å². The van der Waals surface area contributed by atoms with Crippen LogP contribution in [0.2, 0.25) is 0 Å². The van der Waals surface area contributed by atoms with Crippen LogP contribution in [0.25, 0.3) is 0 Å². The normalized spacial score (nSPS) is 10.0. The summed E-state index contributed by atoms with van der Waals surface area (Å²) in [5.74, 6) is -0.362. The summed E-state index contributed by atoms with van der Waals surface area (Å²) in [5.41, 5.74) is 3.74. The lowest BCUT2D eigenvalue weighted by Crippen LogP contribution is -2.08. The molecule has 4 heteroatoms. The molecule has 2 rings (SSSR count). The summed E-state index contributed by atoms with van der Waals surface area (Å²) >= 11 is 0. The Morgan fingerprint density at radius 2 is 1.86 bits per heavy atom. The highest BCUT2D eigenvalue weighted by molar-refractivity contribution is 5.56. The Bertz CT molecular complexity index is 670. The smallest absolute Gasteiger partial charge is 0.129 e. The third-order valence-electron chi connectivity index (χ3n) is 3.41. The molecule has 0 bridgehead atoms. The maximum atomic E-state index is 13.7. The topological polar surface area (TPSA) is 39.1 Å². The van der Waals surface area contributed by atoms with Crippen molar-refractivity contribution in [1.82, 2.24) is 0 Å². The number of anilines is 2. The van der Waals surface area contributed by atoms with Crippen molar-refractivity contribution < 1.29 is 4.39 Å². The molecule has 0 spiro atoms. The molecule has 2 aromatic carbocycles. The van der Waals surface area contributed by atoms with Gasteiger partial charge in [-0.15, -0.1) is 0 Å². The van der Waals surface area contributed by atoms with Gasteiger partial charge in [0.1, 0.15) is 5.82 Å². The van der Waals surface area contributed by atoms with Crippen LogP contribution in [0.4, 0.5) is 15.8 Å². The van der Waals surface area contributed by atoms with Crippen molar-refractivity contribution in [2.45, 2.75) is 13.5 Å². The van der Waals surface area contributed by atoms with E-state index in [9.17, 15) is 4.39 Å². The molecule has 0 unspecified atom stereocenters. The van der Waals surface area contributed by atoms with E-state index in [-0.39, 0.29) is 5.82 Å². The van der Waals surface area contributed by atoms with Crippen LogP contribution in [0.1, 0.15) is 16.7 Å². The van der Waals surface area contributed by atoms with E-state index in [2.05, 4.69) is 5.32 Å². The van der Waals surface area contributed by atoms with Gasteiger partial charge in [0.05, 0.1) is 11.6 Å². The lowest BCUT2D eigenvalue weighted by molar-refractivity contribution is 0.618. The third kappa shape index (κ3) is 3.51. The number of hydrogen-bond donors (Lipinski definition) is 1. The molecule has 21 heavy (non-hydrogen) atoms. The van der Waals surface area contributed by atoms with E-state index < -0.39 is 0 Å². The predicted molar refractivity (Wildman–Crippen MR) is 83.9 cm³/mol. The zero-order chi connectivity index (χ0) is 15.4. The number of rotatable bonds is 4. The zero-order valence-electron chi connectivity index (χ0n) is 12.4. The number of benzene rings is 2. The Kier molecular flexibility index (Phi) is 4.44. The highest BCUT2D eigenvalue weighted by Gasteiger charge is 2.07. The minimum absolute atomic E-state index is 0.323. The van der Waals surface area contributed by atoms with Crippen LogP contribution >= 0.6 is 0 Å². The van der Waals surface area contributed by atoms with Crippen LogP contribution < -0.4 is 10.2 Å². The first-order chi connectivity index (χ1) is 10.0. The van der Waals surface area contributed by atoms with E-state index >= 15 is 0 Å². The number of nitrogens with one attached hydrogen (secondary N) is 1. The summed E-state index contributed by atoms with van der Waals surface area (Å²) < 4.78 is 13.7. The largest absolute Gasteiger partial charge is 0.381 e. The van der Waals surface area contributed by atoms with E-state index in [4.69, 9.17) is 5.26 Å². The van der Waals surface area contributed by atoms with Crippen molar-refractivity contribution in [3.63, 3.8) is 0 Å². The monoisotopic (exact) mass is 283 g/mol. The fourth-order valence-electron chi connectivity index (χ4n) is 2.04. The van der Waals surface area contributed by atoms with Gasteiger partial charge in [-0.25, -0.2) is 4.39 Å². The molecule has 1 N–H and O–H groups in total. The summed E-state index contributed by atoms with van der Waals surface area (Å²) in [5, 5.41) is 12.1. The van der Waals surface area contributed by atoms with Gasteiger partial charge in [-0.3, -0.25) is 0 Å². The molecular formula is C17H18FN3. The van der Waals surface area contributed by atoms with Gasteiger partial charge in [0.2, 0.25) is 0 Å². The molecular weight excluding hydrogens is 265 g/mol. The molecule has 0 aliphatic carbocycles. The summed E-state index contributed by atoms with van der Waals surface area (Å²) in [6.07, 6.45) is 0. The van der Waals surface area contributed by atoms with Crippen molar-refractivity contribution in [3.05, 3.63) is 58.9 Å². The fourth-order valence-corrected chi connectivity index (χ4v) is 2.04. The molecule has 0 aromatic heterocycles. The second-order valence-corrected chi connectivity index (χ2v) is 5.16. The molecule has 0 amide bonds. The number of halogens is 1. The Balaban J connectivity index is 2.13. The average Bonchev–Trinajstić information content (AvgIpc) is 2.49. The second-order valence-electron chi connectivity index (χ2n) is 5.16. The first-order valence-corrected chi connectivity index (χ1v) is 6.71. The molecule has 0 fully saturated rings. The van der Waals surface area contributed by atoms with Crippen LogP contribution in [0.15, 0.2) is 36.4 Å². The first-order valence-electron chi connectivity index (χ1n) is 6.71. The summed E-state index contributed by atoms with van der Waals surface area (Å²) in [7, 11) is 3.99. The maximum Gasteiger partial charge on any atom is 0.129 e. The van der Waals surface area contributed by atoms with Crippen LogP contribution in [0.3, 0.4) is 0 Å². The predicted octanol–water partition coefficient (Wildman–Crippen LogP) is 3.68. The Labute approximate surface area is 124 Å². The Hall–Kier alpha value is -2.54. The molecule has 0 saturated heterocycles. The molecule has 3 nitrogen and oxygen atoms in total. The quantitative estimate of drug-likeness (QED) is 0.930. The maximum absolute atomic E-state index is 13.7. The van der Waals surface area contributed by atoms with Gasteiger partial charge in [0.15, 0.2) is 0 Å². The van der Waals surface area contributed by atoms with E-state index in [1.165, 1.54) is 6.07 Å². The second kappa shape index (κ2) is 6.27. The van der Waals surface area contributed by atoms with Crippen LogP contribution in [-0.2, 0) is 6.54 Å². The summed E-state index contributed by atoms with van der Waals surface area (Å²) in [6.45, 7) is 2.29. The van der Waals surface area contributed by atoms with E-state index in [0.717, 1.165) is 11.3 Å². The summed E-state index contributed by atoms with van der Waals surface area (Å²) in [4.78, 5) is 2.03. The van der Waals surface area contributed by atoms with Crippen LogP contribution in [-0.4, -0.2) is 14.1 Å². The van der Waals surface area contributed by atoms with E-state index in [1.54, 1.807) is 13.0 Å². The average molecular weight is 283 g/mol. The number of nitrogens with zero attached hydrogens (tertiary/aromatic N) is 2. The number of nitriles is 1. The Morgan fingerprint density at radius 1 is 1.19 bits per heavy atom. The van der Waals surface area contributed by atoms with Gasteiger partial charge >= 0.3 is 0 Å². The molecule has 0 aliphatic heterocycles. The van der Waals surface area contributed by atoms with Crippen molar-refractivity contribution in [3.8, 4) is 6.07 Å². The fraction of sp³-hybridized carbons (Fsp3) is 0.235. The van der Waals surface area contributed by atoms with Gasteiger partial charge in [-0.1, -0.05) is 12.1 Å². The molecule has 0 heterocycles. The zero-order valence-corrected chi connectivity index (χ0v) is 12.4. The standard InChI is InChI=1S/C17H18FN3/c1-12-16(18)8-14(10-19)9-17(12)20-11-13-4-6-15(7-5-13)21(2)3/h4-9,20H,11H2,1-3H3. The van der Waals surface area contributed by atoms with Crippen LogP contribution in [0.5, 0.6) is 0 Å². The highest BCUT2D eigenvalue weighted by Crippen LogP contribution is 2.21. The van der Waals surface area contributed by atoms with E-state index in [1.807, 2.05) is 49.3 Å². The third-order valence-corrected chi connectivity index (χ3v) is 3.41. The molecule has 108 valence electrons. The van der Waals surface area contributed by atoms with Crippen molar-refractivity contribution in [2.24, 2.45) is 0 Å². The lowest BCUT2D eigenvalue weighted by atomic mass is 10.1. The SMILES string of the molecule is Cc1c(F)cc(C#N)cc1NCc1ccc(N(C)C)cc1. The van der Waals surface area contributed by atoms with E-state index in [0.29, 0.717) is 23.4 Å². The Morgan fingerprint density at radius 3 is 2.43 bits per heavy atom. The van der Waals surface area contributed by atoms with Gasteiger partial charge in [0, 0.05) is 37.6 Å². The van der Waals surface area contributed by atoms with Gasteiger partial charge in [-0.05, 0) is 36.8 Å². The van der Waals surface area contributed by atoms with Gasteiger partial charge < -0.3 is 10.2 Å².